The van der Waals surface area contributed by atoms with Crippen LogP contribution in [0.1, 0.15) is 4.88 Å². The van der Waals surface area contributed by atoms with Crippen molar-refractivity contribution in [1.29, 1.82) is 0 Å². The first kappa shape index (κ1) is 17.2. The Hall–Kier alpha value is -2.65. The summed E-state index contributed by atoms with van der Waals surface area (Å²) in [6.45, 7) is 0.396. The maximum Gasteiger partial charge on any atom is 0.321 e. The van der Waals surface area contributed by atoms with Gasteiger partial charge in [-0.2, -0.15) is 0 Å². The topological polar surface area (TPSA) is 88.9 Å². The number of aromatic nitrogens is 3. The molecule has 2 N–H and O–H groups in total. The van der Waals surface area contributed by atoms with Gasteiger partial charge in [-0.15, -0.1) is 16.4 Å². The molecule has 3 rings (SSSR count). The summed E-state index contributed by atoms with van der Waals surface area (Å²) in [5.41, 5.74) is 0.888. The molecule has 0 spiro atoms. The second-order valence-corrected chi connectivity index (χ2v) is 6.88. The standard InChI is InChI=1S/C16H15N5O2S2/c22-14(19-15(23)17-9-13-7-4-8-24-13)10-25-16-18-11-21(20-16)12-5-2-1-3-6-12/h1-8,11H,9-10H2,(H2,17,19,22,23). The van der Waals surface area contributed by atoms with Gasteiger partial charge in [-0.3, -0.25) is 10.1 Å². The third-order valence-corrected chi connectivity index (χ3v) is 4.81. The van der Waals surface area contributed by atoms with Crippen molar-refractivity contribution >= 4 is 35.0 Å². The zero-order valence-electron chi connectivity index (χ0n) is 13.1. The Morgan fingerprint density at radius 3 is 2.76 bits per heavy atom. The van der Waals surface area contributed by atoms with Crippen molar-refractivity contribution in [3.8, 4) is 5.69 Å². The number of urea groups is 1. The normalized spacial score (nSPS) is 10.4. The smallest absolute Gasteiger partial charge is 0.321 e. The number of nitrogens with one attached hydrogen (secondary N) is 2. The minimum atomic E-state index is -0.512. The Labute approximate surface area is 152 Å². The van der Waals surface area contributed by atoms with Gasteiger partial charge in [-0.25, -0.2) is 14.5 Å². The van der Waals surface area contributed by atoms with Gasteiger partial charge in [0.2, 0.25) is 11.1 Å². The second kappa shape index (κ2) is 8.45. The molecule has 0 unspecified atom stereocenters. The SMILES string of the molecule is O=C(CSc1ncn(-c2ccccc2)n1)NC(=O)NCc1cccs1. The number of benzene rings is 1. The molecular formula is C16H15N5O2S2. The van der Waals surface area contributed by atoms with Crippen LogP contribution in [0.25, 0.3) is 5.69 Å². The largest absolute Gasteiger partial charge is 0.333 e. The molecule has 0 atom stereocenters. The van der Waals surface area contributed by atoms with E-state index in [2.05, 4.69) is 20.7 Å². The Bertz CT molecular complexity index is 833. The van der Waals surface area contributed by atoms with E-state index >= 15 is 0 Å². The Kier molecular flexibility index (Phi) is 5.81. The quantitative estimate of drug-likeness (QED) is 0.648. The van der Waals surface area contributed by atoms with Crippen LogP contribution in [0.5, 0.6) is 0 Å². The number of hydrogen-bond donors (Lipinski definition) is 2. The average Bonchev–Trinajstić information content (AvgIpc) is 3.31. The molecule has 2 heterocycles. The minimum absolute atomic E-state index is 0.0607. The zero-order valence-corrected chi connectivity index (χ0v) is 14.7. The van der Waals surface area contributed by atoms with E-state index in [1.54, 1.807) is 22.3 Å². The lowest BCUT2D eigenvalue weighted by Gasteiger charge is -2.04. The van der Waals surface area contributed by atoms with Crippen LogP contribution in [0, 0.1) is 0 Å². The van der Waals surface area contributed by atoms with Gasteiger partial charge in [0.15, 0.2) is 0 Å². The number of thioether (sulfide) groups is 1. The summed E-state index contributed by atoms with van der Waals surface area (Å²) in [5.74, 6) is -0.338. The monoisotopic (exact) mass is 373 g/mol. The molecule has 2 aromatic heterocycles. The lowest BCUT2D eigenvalue weighted by atomic mass is 10.3. The van der Waals surface area contributed by atoms with Crippen molar-refractivity contribution in [3.05, 3.63) is 59.0 Å². The number of carbonyl (C=O) groups is 2. The van der Waals surface area contributed by atoms with Crippen LogP contribution in [0.15, 0.2) is 59.3 Å². The van der Waals surface area contributed by atoms with Gasteiger partial charge < -0.3 is 5.32 Å². The molecule has 9 heteroatoms. The van der Waals surface area contributed by atoms with Crippen molar-refractivity contribution in [1.82, 2.24) is 25.4 Å². The zero-order chi connectivity index (χ0) is 17.5. The number of para-hydroxylation sites is 1. The lowest BCUT2D eigenvalue weighted by molar-refractivity contribution is -0.117. The van der Waals surface area contributed by atoms with Crippen molar-refractivity contribution in [3.63, 3.8) is 0 Å². The Morgan fingerprint density at radius 2 is 2.00 bits per heavy atom. The van der Waals surface area contributed by atoms with Crippen molar-refractivity contribution in [2.24, 2.45) is 0 Å². The molecule has 0 saturated heterocycles. The maximum absolute atomic E-state index is 11.8. The number of amides is 3. The van der Waals surface area contributed by atoms with Crippen LogP contribution in [-0.4, -0.2) is 32.5 Å². The molecule has 128 valence electrons. The third-order valence-electron chi connectivity index (χ3n) is 3.08. The highest BCUT2D eigenvalue weighted by Gasteiger charge is 2.10. The minimum Gasteiger partial charge on any atom is -0.333 e. The molecule has 0 aliphatic heterocycles. The molecule has 0 bridgehead atoms. The van der Waals surface area contributed by atoms with Crippen molar-refractivity contribution in [2.75, 3.05) is 5.75 Å². The van der Waals surface area contributed by atoms with Crippen LogP contribution >= 0.6 is 23.1 Å². The molecule has 0 saturated carbocycles. The number of rotatable bonds is 6. The molecule has 0 radical (unpaired) electrons. The molecule has 0 aliphatic rings. The summed E-state index contributed by atoms with van der Waals surface area (Å²) in [6.07, 6.45) is 1.59. The molecule has 7 nitrogen and oxygen atoms in total. The van der Waals surface area contributed by atoms with Gasteiger partial charge in [0.25, 0.3) is 0 Å². The predicted molar refractivity (Wildman–Crippen MR) is 96.8 cm³/mol. The fourth-order valence-corrected chi connectivity index (χ4v) is 3.18. The fourth-order valence-electron chi connectivity index (χ4n) is 1.94. The summed E-state index contributed by atoms with van der Waals surface area (Å²) in [5, 5.41) is 11.6. The number of hydrogen-bond acceptors (Lipinski definition) is 6. The van der Waals surface area contributed by atoms with Gasteiger partial charge in [0, 0.05) is 4.88 Å². The van der Waals surface area contributed by atoms with E-state index in [1.807, 2.05) is 47.8 Å². The van der Waals surface area contributed by atoms with Crippen molar-refractivity contribution < 1.29 is 9.59 Å². The van der Waals surface area contributed by atoms with E-state index in [4.69, 9.17) is 0 Å². The summed E-state index contributed by atoms with van der Waals surface area (Å²) in [4.78, 5) is 28.6. The van der Waals surface area contributed by atoms with Gasteiger partial charge >= 0.3 is 6.03 Å². The van der Waals surface area contributed by atoms with E-state index in [0.29, 0.717) is 11.7 Å². The summed E-state index contributed by atoms with van der Waals surface area (Å²) in [6, 6.07) is 12.9. The number of imide groups is 1. The predicted octanol–water partition coefficient (Wildman–Crippen LogP) is 2.45. The Morgan fingerprint density at radius 1 is 1.16 bits per heavy atom. The summed E-state index contributed by atoms with van der Waals surface area (Å²) in [7, 11) is 0. The third kappa shape index (κ3) is 5.16. The molecule has 25 heavy (non-hydrogen) atoms. The molecule has 3 amide bonds. The molecule has 3 aromatic rings. The lowest BCUT2D eigenvalue weighted by Crippen LogP contribution is -2.39. The second-order valence-electron chi connectivity index (χ2n) is 4.91. The number of thiophene rings is 1. The molecule has 1 aromatic carbocycles. The van der Waals surface area contributed by atoms with Crippen LogP contribution in [0.2, 0.25) is 0 Å². The fraction of sp³-hybridized carbons (Fsp3) is 0.125. The highest BCUT2D eigenvalue weighted by atomic mass is 32.2. The summed E-state index contributed by atoms with van der Waals surface area (Å²) >= 11 is 2.71. The van der Waals surface area contributed by atoms with Crippen LogP contribution in [0.4, 0.5) is 4.79 Å². The van der Waals surface area contributed by atoms with Crippen LogP contribution in [0.3, 0.4) is 0 Å². The first-order chi connectivity index (χ1) is 12.2. The Balaban J connectivity index is 1.43. The van der Waals surface area contributed by atoms with Crippen LogP contribution < -0.4 is 10.6 Å². The van der Waals surface area contributed by atoms with E-state index < -0.39 is 11.9 Å². The van der Waals surface area contributed by atoms with Gasteiger partial charge in [-0.05, 0) is 23.6 Å². The highest BCUT2D eigenvalue weighted by molar-refractivity contribution is 7.99. The van der Waals surface area contributed by atoms with Crippen LogP contribution in [-0.2, 0) is 11.3 Å². The maximum atomic E-state index is 11.8. The van der Waals surface area contributed by atoms with Gasteiger partial charge in [-0.1, -0.05) is 36.0 Å². The summed E-state index contributed by atoms with van der Waals surface area (Å²) < 4.78 is 1.63. The van der Waals surface area contributed by atoms with E-state index in [-0.39, 0.29) is 5.75 Å². The highest BCUT2D eigenvalue weighted by Crippen LogP contribution is 2.13. The first-order valence-corrected chi connectivity index (χ1v) is 9.27. The first-order valence-electron chi connectivity index (χ1n) is 7.40. The van der Waals surface area contributed by atoms with E-state index in [9.17, 15) is 9.59 Å². The van der Waals surface area contributed by atoms with Crippen molar-refractivity contribution in [2.45, 2.75) is 11.7 Å². The molecule has 0 aliphatic carbocycles. The number of carbonyl (C=O) groups excluding carboxylic acids is 2. The van der Waals surface area contributed by atoms with Gasteiger partial charge in [0.1, 0.15) is 6.33 Å². The number of nitrogens with zero attached hydrogens (tertiary/aromatic N) is 3. The molecule has 0 fully saturated rings. The van der Waals surface area contributed by atoms with Gasteiger partial charge in [0.05, 0.1) is 18.0 Å². The molecular weight excluding hydrogens is 358 g/mol. The van der Waals surface area contributed by atoms with E-state index in [1.165, 1.54) is 11.8 Å². The average molecular weight is 373 g/mol. The van der Waals surface area contributed by atoms with E-state index in [0.717, 1.165) is 10.6 Å².